The maximum absolute atomic E-state index is 4.30. The van der Waals surface area contributed by atoms with Crippen LogP contribution in [0.2, 0.25) is 0 Å². The first kappa shape index (κ1) is 15.4. The van der Waals surface area contributed by atoms with E-state index in [1.807, 2.05) is 19.3 Å². The lowest BCUT2D eigenvalue weighted by molar-refractivity contribution is 0.465. The van der Waals surface area contributed by atoms with E-state index < -0.39 is 0 Å². The van der Waals surface area contributed by atoms with Crippen LogP contribution in [0.15, 0.2) is 17.6 Å². The molecular weight excluding hydrogens is 242 g/mol. The van der Waals surface area contributed by atoms with Gasteiger partial charge in [-0.25, -0.2) is 9.97 Å². The van der Waals surface area contributed by atoms with Gasteiger partial charge < -0.3 is 5.32 Å². The molecule has 0 aliphatic rings. The van der Waals surface area contributed by atoms with Crippen molar-refractivity contribution in [2.24, 2.45) is 0 Å². The Hall–Kier alpha value is -0.610. The van der Waals surface area contributed by atoms with Gasteiger partial charge >= 0.3 is 0 Å². The van der Waals surface area contributed by atoms with Gasteiger partial charge in [0.15, 0.2) is 5.16 Å². The molecule has 1 aromatic heterocycles. The molecule has 0 fully saturated rings. The van der Waals surface area contributed by atoms with Crippen molar-refractivity contribution in [1.82, 2.24) is 15.3 Å². The molecule has 0 amide bonds. The Balaban J connectivity index is 2.15. The first-order valence-electron chi connectivity index (χ1n) is 6.91. The Kier molecular flexibility index (Phi) is 8.01. The van der Waals surface area contributed by atoms with Gasteiger partial charge in [-0.3, -0.25) is 0 Å². The topological polar surface area (TPSA) is 37.8 Å². The number of hydrogen-bond donors (Lipinski definition) is 1. The molecule has 3 nitrogen and oxygen atoms in total. The van der Waals surface area contributed by atoms with E-state index >= 15 is 0 Å². The summed E-state index contributed by atoms with van der Waals surface area (Å²) in [7, 11) is 0. The molecule has 0 radical (unpaired) electrons. The highest BCUT2D eigenvalue weighted by atomic mass is 32.2. The van der Waals surface area contributed by atoms with Crippen LogP contribution < -0.4 is 5.32 Å². The minimum Gasteiger partial charge on any atom is -0.314 e. The molecule has 0 saturated heterocycles. The standard InChI is InChI=1S/C14H25N3S/c1-4-8-15-13(5-2)7-6-9-18-14-16-10-12(3)11-17-14/h10-11,13,15H,4-9H2,1-3H3. The highest BCUT2D eigenvalue weighted by molar-refractivity contribution is 7.99. The van der Waals surface area contributed by atoms with Gasteiger partial charge in [0.1, 0.15) is 0 Å². The molecule has 0 spiro atoms. The first-order chi connectivity index (χ1) is 8.76. The second-order valence-electron chi connectivity index (χ2n) is 4.59. The van der Waals surface area contributed by atoms with Crippen LogP contribution >= 0.6 is 11.8 Å². The first-order valence-corrected chi connectivity index (χ1v) is 7.89. The maximum Gasteiger partial charge on any atom is 0.187 e. The van der Waals surface area contributed by atoms with Gasteiger partial charge in [-0.05, 0) is 44.7 Å². The molecule has 4 heteroatoms. The normalized spacial score (nSPS) is 12.6. The van der Waals surface area contributed by atoms with E-state index in [1.165, 1.54) is 25.7 Å². The summed E-state index contributed by atoms with van der Waals surface area (Å²) in [5.74, 6) is 1.10. The summed E-state index contributed by atoms with van der Waals surface area (Å²) in [4.78, 5) is 8.60. The second kappa shape index (κ2) is 9.34. The van der Waals surface area contributed by atoms with E-state index in [2.05, 4.69) is 29.1 Å². The number of nitrogens with one attached hydrogen (secondary N) is 1. The van der Waals surface area contributed by atoms with Crippen molar-refractivity contribution in [3.8, 4) is 0 Å². The number of hydrogen-bond acceptors (Lipinski definition) is 4. The molecule has 1 unspecified atom stereocenters. The van der Waals surface area contributed by atoms with Crippen molar-refractivity contribution in [1.29, 1.82) is 0 Å². The summed E-state index contributed by atoms with van der Waals surface area (Å²) in [6.07, 6.45) is 8.65. The molecule has 1 aromatic rings. The molecule has 1 atom stereocenters. The van der Waals surface area contributed by atoms with E-state index in [4.69, 9.17) is 0 Å². The van der Waals surface area contributed by atoms with Gasteiger partial charge in [-0.2, -0.15) is 0 Å². The summed E-state index contributed by atoms with van der Waals surface area (Å²) >= 11 is 1.76. The highest BCUT2D eigenvalue weighted by Crippen LogP contribution is 2.15. The summed E-state index contributed by atoms with van der Waals surface area (Å²) < 4.78 is 0. The number of aryl methyl sites for hydroxylation is 1. The fraction of sp³-hybridized carbons (Fsp3) is 0.714. The fourth-order valence-electron chi connectivity index (χ4n) is 1.75. The summed E-state index contributed by atoms with van der Waals surface area (Å²) in [5.41, 5.74) is 1.12. The smallest absolute Gasteiger partial charge is 0.187 e. The van der Waals surface area contributed by atoms with Crippen molar-refractivity contribution < 1.29 is 0 Å². The lowest BCUT2D eigenvalue weighted by Gasteiger charge is -2.15. The molecule has 1 N–H and O–H groups in total. The Morgan fingerprint density at radius 3 is 2.61 bits per heavy atom. The van der Waals surface area contributed by atoms with Crippen molar-refractivity contribution in [2.45, 2.75) is 57.7 Å². The van der Waals surface area contributed by atoms with Crippen LogP contribution in [0, 0.1) is 6.92 Å². The Morgan fingerprint density at radius 2 is 2.00 bits per heavy atom. The third kappa shape index (κ3) is 6.36. The number of rotatable bonds is 9. The predicted molar refractivity (Wildman–Crippen MR) is 79.1 cm³/mol. The summed E-state index contributed by atoms with van der Waals surface area (Å²) in [6, 6.07) is 0.671. The van der Waals surface area contributed by atoms with Gasteiger partial charge in [0.2, 0.25) is 0 Å². The molecule has 0 aliphatic heterocycles. The van der Waals surface area contributed by atoms with Crippen LogP contribution in [0.3, 0.4) is 0 Å². The SMILES string of the molecule is CCCNC(CC)CCCSc1ncc(C)cn1. The highest BCUT2D eigenvalue weighted by Gasteiger charge is 2.04. The molecule has 0 aliphatic carbocycles. The zero-order valence-corrected chi connectivity index (χ0v) is 12.6. The van der Waals surface area contributed by atoms with E-state index in [0.29, 0.717) is 6.04 Å². The van der Waals surface area contributed by atoms with Crippen LogP contribution in [0.1, 0.15) is 45.1 Å². The summed E-state index contributed by atoms with van der Waals surface area (Å²) in [6.45, 7) is 7.61. The fourth-order valence-corrected chi connectivity index (χ4v) is 2.50. The minimum atomic E-state index is 0.671. The van der Waals surface area contributed by atoms with Crippen LogP contribution in [-0.2, 0) is 0 Å². The van der Waals surface area contributed by atoms with Gasteiger partial charge in [0, 0.05) is 24.2 Å². The van der Waals surface area contributed by atoms with Crippen molar-refractivity contribution in [2.75, 3.05) is 12.3 Å². The van der Waals surface area contributed by atoms with Crippen LogP contribution in [-0.4, -0.2) is 28.3 Å². The molecule has 0 bridgehead atoms. The number of aromatic nitrogens is 2. The lowest BCUT2D eigenvalue weighted by Crippen LogP contribution is -2.29. The van der Waals surface area contributed by atoms with Gasteiger partial charge in [-0.15, -0.1) is 0 Å². The van der Waals surface area contributed by atoms with E-state index in [9.17, 15) is 0 Å². The Bertz CT molecular complexity index is 313. The van der Waals surface area contributed by atoms with Crippen molar-refractivity contribution in [3.63, 3.8) is 0 Å². The second-order valence-corrected chi connectivity index (χ2v) is 5.66. The maximum atomic E-state index is 4.30. The molecule has 18 heavy (non-hydrogen) atoms. The van der Waals surface area contributed by atoms with Crippen LogP contribution in [0.4, 0.5) is 0 Å². The Labute approximate surface area is 115 Å². The molecule has 0 aromatic carbocycles. The van der Waals surface area contributed by atoms with Crippen LogP contribution in [0.25, 0.3) is 0 Å². The molecular formula is C14H25N3S. The number of nitrogens with zero attached hydrogens (tertiary/aromatic N) is 2. The van der Waals surface area contributed by atoms with Crippen molar-refractivity contribution in [3.05, 3.63) is 18.0 Å². The monoisotopic (exact) mass is 267 g/mol. The average molecular weight is 267 g/mol. The van der Waals surface area contributed by atoms with E-state index in [-0.39, 0.29) is 0 Å². The quantitative estimate of drug-likeness (QED) is 0.422. The predicted octanol–water partition coefficient (Wildman–Crippen LogP) is 3.44. The van der Waals surface area contributed by atoms with Gasteiger partial charge in [0.25, 0.3) is 0 Å². The minimum absolute atomic E-state index is 0.671. The molecule has 0 saturated carbocycles. The van der Waals surface area contributed by atoms with E-state index in [1.54, 1.807) is 11.8 Å². The largest absolute Gasteiger partial charge is 0.314 e. The lowest BCUT2D eigenvalue weighted by atomic mass is 10.1. The molecule has 1 rings (SSSR count). The van der Waals surface area contributed by atoms with Crippen LogP contribution in [0.5, 0.6) is 0 Å². The third-order valence-corrected chi connectivity index (χ3v) is 3.82. The molecule has 102 valence electrons. The Morgan fingerprint density at radius 1 is 1.28 bits per heavy atom. The number of thioether (sulfide) groups is 1. The molecule has 1 heterocycles. The average Bonchev–Trinajstić information content (AvgIpc) is 2.40. The summed E-state index contributed by atoms with van der Waals surface area (Å²) in [5, 5.41) is 4.48. The van der Waals surface area contributed by atoms with Gasteiger partial charge in [0.05, 0.1) is 0 Å². The van der Waals surface area contributed by atoms with Gasteiger partial charge in [-0.1, -0.05) is 25.6 Å². The zero-order valence-electron chi connectivity index (χ0n) is 11.8. The third-order valence-electron chi connectivity index (χ3n) is 2.86. The van der Waals surface area contributed by atoms with Crippen molar-refractivity contribution >= 4 is 11.8 Å². The van der Waals surface area contributed by atoms with E-state index in [0.717, 1.165) is 23.0 Å². The zero-order chi connectivity index (χ0) is 13.2.